The van der Waals surface area contributed by atoms with Crippen LogP contribution in [0.2, 0.25) is 0 Å². The van der Waals surface area contributed by atoms with Gasteiger partial charge in [-0.25, -0.2) is 9.78 Å². The molecule has 0 spiro atoms. The van der Waals surface area contributed by atoms with Crippen LogP contribution in [0, 0.1) is 13.8 Å². The van der Waals surface area contributed by atoms with Crippen LogP contribution in [-0.4, -0.2) is 71.1 Å². The van der Waals surface area contributed by atoms with E-state index in [1.807, 2.05) is 19.1 Å². The average molecular weight is 778 g/mol. The summed E-state index contributed by atoms with van der Waals surface area (Å²) in [5, 5.41) is 0.855. The van der Waals surface area contributed by atoms with Crippen molar-refractivity contribution < 1.29 is 33.3 Å². The maximum Gasteiger partial charge on any atom is 0.340 e. The number of ether oxygens (including phenoxy) is 4. The number of rotatable bonds is 12. The topological polar surface area (TPSA) is 145 Å². The number of methoxy groups -OCH3 is 3. The largest absolute Gasteiger partial charge is 0.469 e. The third-order valence-electron chi connectivity index (χ3n) is 10.4. The maximum absolute atomic E-state index is 13.5. The molecule has 1 unspecified atom stereocenters. The Hall–Kier alpha value is -4.29. The van der Waals surface area contributed by atoms with Crippen molar-refractivity contribution in [3.8, 4) is 0 Å². The Morgan fingerprint density at radius 3 is 2.23 bits per heavy atom. The maximum atomic E-state index is 13.5. The summed E-state index contributed by atoms with van der Waals surface area (Å²) in [7, 11) is 4.01. The molecule has 0 aromatic carbocycles. The van der Waals surface area contributed by atoms with Crippen LogP contribution in [0.25, 0.3) is 33.2 Å². The number of halogens is 1. The van der Waals surface area contributed by atoms with Gasteiger partial charge >= 0.3 is 17.9 Å². The highest BCUT2D eigenvalue weighted by molar-refractivity contribution is 9.09. The highest BCUT2D eigenvalue weighted by atomic mass is 79.9. The van der Waals surface area contributed by atoms with E-state index in [9.17, 15) is 14.4 Å². The van der Waals surface area contributed by atoms with E-state index < -0.39 is 11.9 Å². The Kier molecular flexibility index (Phi) is 12.4. The van der Waals surface area contributed by atoms with Crippen molar-refractivity contribution in [2.24, 2.45) is 0 Å². The first-order valence-electron chi connectivity index (χ1n) is 17.8. The van der Waals surface area contributed by atoms with Crippen molar-refractivity contribution in [3.05, 3.63) is 68.8 Å². The van der Waals surface area contributed by atoms with E-state index in [0.29, 0.717) is 41.2 Å². The van der Waals surface area contributed by atoms with E-state index in [2.05, 4.69) is 66.6 Å². The molecule has 0 fully saturated rings. The summed E-state index contributed by atoms with van der Waals surface area (Å²) in [5.41, 5.74) is 11.5. The van der Waals surface area contributed by atoms with Crippen molar-refractivity contribution >= 4 is 67.1 Å². The average Bonchev–Trinajstić information content (AvgIpc) is 3.82. The van der Waals surface area contributed by atoms with Crippen LogP contribution >= 0.6 is 15.9 Å². The number of allylic oxidation sites excluding steroid dienone is 1. The fourth-order valence-corrected chi connectivity index (χ4v) is 7.67. The van der Waals surface area contributed by atoms with Gasteiger partial charge in [-0.05, 0) is 87.4 Å². The fraction of sp³-hybridized carbons (Fsp3) is 0.475. The van der Waals surface area contributed by atoms with Crippen molar-refractivity contribution in [1.82, 2.24) is 19.9 Å². The number of hydrogen-bond donors (Lipinski definition) is 2. The number of aromatic amines is 2. The second-order valence-electron chi connectivity index (χ2n) is 13.4. The van der Waals surface area contributed by atoms with E-state index in [0.717, 1.165) is 68.2 Å². The van der Waals surface area contributed by atoms with Crippen molar-refractivity contribution in [3.63, 3.8) is 0 Å². The molecule has 3 aromatic heterocycles. The molecule has 52 heavy (non-hydrogen) atoms. The summed E-state index contributed by atoms with van der Waals surface area (Å²) in [4.78, 5) is 56.7. The van der Waals surface area contributed by atoms with Gasteiger partial charge < -0.3 is 28.9 Å². The van der Waals surface area contributed by atoms with Crippen LogP contribution in [0.4, 0.5) is 0 Å². The van der Waals surface area contributed by atoms with Crippen LogP contribution in [0.3, 0.4) is 0 Å². The number of carbonyl (C=O) groups is 3. The third-order valence-corrected chi connectivity index (χ3v) is 11.0. The van der Waals surface area contributed by atoms with Gasteiger partial charge in [0.25, 0.3) is 0 Å². The summed E-state index contributed by atoms with van der Waals surface area (Å²) in [6.45, 7) is 12.9. The number of H-pyrrole nitrogens is 2. The molecule has 11 nitrogen and oxygen atoms in total. The van der Waals surface area contributed by atoms with Crippen LogP contribution in [-0.2, 0) is 46.2 Å². The SMILES string of the molecule is CCc1c(C)c2cc3[nH]c(cc4nc(c(CC(=O)OC)c5nc(cc1[nH]2)C(C)=C5C(=O)OC)[C@@H](CCC(=O)OC)[C@@H]4C)c(C)c3C(C)OCCCBr. The molecule has 2 aliphatic heterocycles. The molecule has 5 heterocycles. The highest BCUT2D eigenvalue weighted by Gasteiger charge is 2.36. The molecule has 0 amide bonds. The number of aromatic nitrogens is 4. The number of nitrogens with one attached hydrogen (secondary N) is 2. The lowest BCUT2D eigenvalue weighted by atomic mass is 9.84. The van der Waals surface area contributed by atoms with Crippen molar-refractivity contribution in [2.45, 2.75) is 91.6 Å². The first kappa shape index (κ1) is 38.9. The van der Waals surface area contributed by atoms with Gasteiger partial charge in [0.2, 0.25) is 0 Å². The van der Waals surface area contributed by atoms with Gasteiger partial charge in [-0.15, -0.1) is 0 Å². The molecule has 0 aliphatic carbocycles. The molecule has 3 aromatic rings. The Morgan fingerprint density at radius 2 is 1.58 bits per heavy atom. The number of carbonyl (C=O) groups excluding carboxylic acids is 3. The molecule has 278 valence electrons. The molecule has 5 rings (SSSR count). The lowest BCUT2D eigenvalue weighted by Gasteiger charge is -2.18. The third kappa shape index (κ3) is 7.59. The van der Waals surface area contributed by atoms with Crippen LogP contribution < -0.4 is 0 Å². The predicted octanol–water partition coefficient (Wildman–Crippen LogP) is 8.02. The number of alkyl halides is 1. The van der Waals surface area contributed by atoms with E-state index in [-0.39, 0.29) is 42.3 Å². The second kappa shape index (κ2) is 16.6. The number of aryl methyl sites for hydroxylation is 3. The minimum Gasteiger partial charge on any atom is -0.469 e. The summed E-state index contributed by atoms with van der Waals surface area (Å²) in [6.07, 6.45) is 1.80. The first-order chi connectivity index (χ1) is 24.9. The Morgan fingerprint density at radius 1 is 0.885 bits per heavy atom. The molecule has 12 heteroatoms. The van der Waals surface area contributed by atoms with E-state index >= 15 is 0 Å². The van der Waals surface area contributed by atoms with E-state index in [1.165, 1.54) is 21.3 Å². The minimum absolute atomic E-state index is 0.141. The van der Waals surface area contributed by atoms with Gasteiger partial charge in [0.05, 0.1) is 56.5 Å². The summed E-state index contributed by atoms with van der Waals surface area (Å²) in [5.74, 6) is -1.91. The number of hydrogen-bond acceptors (Lipinski definition) is 9. The van der Waals surface area contributed by atoms with Crippen LogP contribution in [0.5, 0.6) is 0 Å². The summed E-state index contributed by atoms with van der Waals surface area (Å²) >= 11 is 3.51. The highest BCUT2D eigenvalue weighted by Crippen LogP contribution is 2.44. The first-order valence-corrected chi connectivity index (χ1v) is 18.9. The van der Waals surface area contributed by atoms with Gasteiger partial charge in [0.1, 0.15) is 0 Å². The lowest BCUT2D eigenvalue weighted by Crippen LogP contribution is -2.15. The van der Waals surface area contributed by atoms with Gasteiger partial charge in [0, 0.05) is 69.1 Å². The zero-order valence-electron chi connectivity index (χ0n) is 31.5. The Labute approximate surface area is 313 Å². The minimum atomic E-state index is -0.574. The van der Waals surface area contributed by atoms with Crippen molar-refractivity contribution in [2.75, 3.05) is 33.3 Å². The molecule has 0 saturated carbocycles. The fourth-order valence-electron chi connectivity index (χ4n) is 7.44. The lowest BCUT2D eigenvalue weighted by molar-refractivity contribution is -0.141. The van der Waals surface area contributed by atoms with Crippen molar-refractivity contribution in [1.29, 1.82) is 0 Å². The molecule has 0 saturated heterocycles. The Bertz CT molecular complexity index is 2080. The number of esters is 3. The molecule has 2 N–H and O–H groups in total. The molecule has 3 atom stereocenters. The zero-order valence-corrected chi connectivity index (χ0v) is 33.1. The van der Waals surface area contributed by atoms with E-state index in [4.69, 9.17) is 28.9 Å². The second-order valence-corrected chi connectivity index (χ2v) is 14.2. The van der Waals surface area contributed by atoms with Crippen LogP contribution in [0.1, 0.15) is 115 Å². The van der Waals surface area contributed by atoms with Gasteiger partial charge in [0.15, 0.2) is 0 Å². The normalized spacial score (nSPS) is 16.2. The quantitative estimate of drug-likeness (QED) is 0.0809. The van der Waals surface area contributed by atoms with Gasteiger partial charge in [-0.3, -0.25) is 14.6 Å². The smallest absolute Gasteiger partial charge is 0.340 e. The zero-order chi connectivity index (χ0) is 37.9. The standard InChI is InChI=1S/C40H49BrN4O7/c1-10-25-20(2)28-19-33-36(24(6)52-15-11-14-41)22(4)30(43-33)17-29-21(3)26(12-13-34(46)49-7)38(44-29)27(16-35(47)50-8)39-37(40(48)51-9)23(5)31(45-39)18-32(25)42-28/h17-19,21,24,26,42-43H,10-16H2,1-9H3/t21-,24?,26-/m0/s1. The van der Waals surface area contributed by atoms with Crippen LogP contribution in [0.15, 0.2) is 18.2 Å². The number of nitrogens with zero attached hydrogens (tertiary/aromatic N) is 2. The number of fused-ring (bicyclic) bond motifs is 8. The summed E-state index contributed by atoms with van der Waals surface area (Å²) in [6, 6.07) is 6.13. The molecule has 8 bridgehead atoms. The Balaban J connectivity index is 1.98. The summed E-state index contributed by atoms with van der Waals surface area (Å²) < 4.78 is 21.8. The van der Waals surface area contributed by atoms with Gasteiger partial charge in [-0.2, -0.15) is 0 Å². The molecule has 2 aliphatic rings. The monoisotopic (exact) mass is 776 g/mol. The van der Waals surface area contributed by atoms with E-state index in [1.54, 1.807) is 0 Å². The predicted molar refractivity (Wildman–Crippen MR) is 205 cm³/mol. The van der Waals surface area contributed by atoms with Gasteiger partial charge in [-0.1, -0.05) is 29.8 Å². The molecule has 0 radical (unpaired) electrons. The molecular weight excluding hydrogens is 728 g/mol. The molecular formula is C40H49BrN4O7.